The van der Waals surface area contributed by atoms with Crippen molar-refractivity contribution in [3.05, 3.63) is 46.7 Å². The molecule has 2 rings (SSSR count). The molecule has 0 unspecified atom stereocenters. The van der Waals surface area contributed by atoms with Crippen LogP contribution < -0.4 is 5.32 Å². The number of aromatic nitrogens is 3. The van der Waals surface area contributed by atoms with Gasteiger partial charge >= 0.3 is 0 Å². The number of nitrogens with zero attached hydrogens (tertiary/aromatic N) is 3. The Hall–Kier alpha value is -1.50. The van der Waals surface area contributed by atoms with Crippen molar-refractivity contribution in [2.45, 2.75) is 31.5 Å². The van der Waals surface area contributed by atoms with Gasteiger partial charge in [0.15, 0.2) is 5.16 Å². The third-order valence-electron chi connectivity index (χ3n) is 3.13. The summed E-state index contributed by atoms with van der Waals surface area (Å²) in [7, 11) is 0. The Morgan fingerprint density at radius 3 is 2.62 bits per heavy atom. The number of carbonyl (C=O) groups excluding carboxylic acids is 1. The molecule has 1 N–H and O–H groups in total. The summed E-state index contributed by atoms with van der Waals surface area (Å²) in [6, 6.07) is 5.07. The second-order valence-corrected chi connectivity index (χ2v) is 7.09. The number of hydrogen-bond acceptors (Lipinski definition) is 4. The number of para-hydroxylation sites is 1. The van der Waals surface area contributed by atoms with Gasteiger partial charge in [0.25, 0.3) is 0 Å². The second-order valence-electron chi connectivity index (χ2n) is 5.33. The average molecular weight is 385 g/mol. The lowest BCUT2D eigenvalue weighted by molar-refractivity contribution is -0.113. The van der Waals surface area contributed by atoms with Crippen LogP contribution in [0.3, 0.4) is 0 Å². The third kappa shape index (κ3) is 4.53. The zero-order valence-corrected chi connectivity index (χ0v) is 15.8. The largest absolute Gasteiger partial charge is 0.323 e. The molecule has 1 amide bonds. The average Bonchev–Trinajstić information content (AvgIpc) is 2.92. The smallest absolute Gasteiger partial charge is 0.234 e. The van der Waals surface area contributed by atoms with Gasteiger partial charge in [0.05, 0.1) is 21.5 Å². The summed E-state index contributed by atoms with van der Waals surface area (Å²) in [5.74, 6) is 1.07. The summed E-state index contributed by atoms with van der Waals surface area (Å²) >= 11 is 13.4. The van der Waals surface area contributed by atoms with E-state index in [4.69, 9.17) is 23.2 Å². The van der Waals surface area contributed by atoms with Crippen molar-refractivity contribution in [1.29, 1.82) is 0 Å². The molecule has 0 atom stereocenters. The van der Waals surface area contributed by atoms with Crippen LogP contribution in [0.4, 0.5) is 5.69 Å². The molecule has 0 saturated carbocycles. The number of halogens is 2. The van der Waals surface area contributed by atoms with E-state index < -0.39 is 0 Å². The number of benzene rings is 1. The topological polar surface area (TPSA) is 59.8 Å². The van der Waals surface area contributed by atoms with Gasteiger partial charge in [-0.05, 0) is 12.1 Å². The van der Waals surface area contributed by atoms with Crippen LogP contribution in [0.1, 0.15) is 25.6 Å². The number of hydrogen-bond donors (Lipinski definition) is 1. The summed E-state index contributed by atoms with van der Waals surface area (Å²) in [5.41, 5.74) is 0.418. The van der Waals surface area contributed by atoms with Crippen LogP contribution >= 0.6 is 35.0 Å². The Bertz CT molecular complexity index is 725. The zero-order valence-electron chi connectivity index (χ0n) is 13.4. The molecule has 1 heterocycles. The Balaban J connectivity index is 2.05. The van der Waals surface area contributed by atoms with Crippen LogP contribution in [0, 0.1) is 0 Å². The molecular weight excluding hydrogens is 367 g/mol. The van der Waals surface area contributed by atoms with E-state index in [0.29, 0.717) is 27.4 Å². The normalized spacial score (nSPS) is 10.9. The minimum atomic E-state index is -0.214. The van der Waals surface area contributed by atoms with Crippen LogP contribution in [-0.2, 0) is 11.3 Å². The van der Waals surface area contributed by atoms with Gasteiger partial charge in [0.2, 0.25) is 5.91 Å². The maximum absolute atomic E-state index is 12.2. The van der Waals surface area contributed by atoms with Crippen molar-refractivity contribution in [2.75, 3.05) is 11.1 Å². The number of amides is 1. The Morgan fingerprint density at radius 1 is 1.38 bits per heavy atom. The highest BCUT2D eigenvalue weighted by molar-refractivity contribution is 7.99. The number of allylic oxidation sites excluding steroid dienone is 1. The van der Waals surface area contributed by atoms with E-state index in [0.717, 1.165) is 5.82 Å². The second kappa shape index (κ2) is 8.55. The molecular formula is C16H18Cl2N4OS. The summed E-state index contributed by atoms with van der Waals surface area (Å²) in [5, 5.41) is 12.6. The van der Waals surface area contributed by atoms with Crippen LogP contribution in [0.5, 0.6) is 0 Å². The van der Waals surface area contributed by atoms with E-state index in [9.17, 15) is 4.79 Å². The van der Waals surface area contributed by atoms with Crippen LogP contribution in [-0.4, -0.2) is 26.4 Å². The fourth-order valence-corrected chi connectivity index (χ4v) is 3.30. The highest BCUT2D eigenvalue weighted by atomic mass is 35.5. The number of nitrogens with one attached hydrogen (secondary N) is 1. The van der Waals surface area contributed by atoms with Crippen LogP contribution in [0.15, 0.2) is 36.0 Å². The van der Waals surface area contributed by atoms with Gasteiger partial charge in [-0.25, -0.2) is 0 Å². The quantitative estimate of drug-likeness (QED) is 0.558. The lowest BCUT2D eigenvalue weighted by Gasteiger charge is -2.10. The highest BCUT2D eigenvalue weighted by Gasteiger charge is 2.16. The van der Waals surface area contributed by atoms with Crippen molar-refractivity contribution < 1.29 is 4.79 Å². The van der Waals surface area contributed by atoms with Crippen molar-refractivity contribution in [3.63, 3.8) is 0 Å². The van der Waals surface area contributed by atoms with E-state index in [-0.39, 0.29) is 17.6 Å². The van der Waals surface area contributed by atoms with Crippen LogP contribution in [0.25, 0.3) is 0 Å². The van der Waals surface area contributed by atoms with E-state index in [1.54, 1.807) is 24.3 Å². The molecule has 1 aromatic heterocycles. The number of carbonyl (C=O) groups is 1. The van der Waals surface area contributed by atoms with Gasteiger partial charge in [-0.2, -0.15) is 0 Å². The van der Waals surface area contributed by atoms with E-state index >= 15 is 0 Å². The molecule has 24 heavy (non-hydrogen) atoms. The van der Waals surface area contributed by atoms with Crippen LogP contribution in [0.2, 0.25) is 10.0 Å². The van der Waals surface area contributed by atoms with E-state index in [2.05, 4.69) is 22.1 Å². The third-order valence-corrected chi connectivity index (χ3v) is 4.73. The van der Waals surface area contributed by atoms with Gasteiger partial charge in [-0.3, -0.25) is 4.79 Å². The molecule has 5 nitrogen and oxygen atoms in total. The molecule has 0 bridgehead atoms. The van der Waals surface area contributed by atoms with Crippen molar-refractivity contribution >= 4 is 46.6 Å². The molecule has 0 fully saturated rings. The Kier molecular flexibility index (Phi) is 6.71. The van der Waals surface area contributed by atoms with Crippen molar-refractivity contribution in [1.82, 2.24) is 14.8 Å². The maximum atomic E-state index is 12.2. The van der Waals surface area contributed by atoms with E-state index in [1.165, 1.54) is 11.8 Å². The lowest BCUT2D eigenvalue weighted by atomic mass is 10.2. The maximum Gasteiger partial charge on any atom is 0.234 e. The van der Waals surface area contributed by atoms with Gasteiger partial charge in [-0.15, -0.1) is 16.8 Å². The summed E-state index contributed by atoms with van der Waals surface area (Å²) < 4.78 is 1.96. The first-order valence-corrected chi connectivity index (χ1v) is 9.08. The number of anilines is 1. The fourth-order valence-electron chi connectivity index (χ4n) is 2.06. The summed E-state index contributed by atoms with van der Waals surface area (Å²) in [6.45, 7) is 8.44. The molecule has 0 radical (unpaired) electrons. The number of rotatable bonds is 7. The molecule has 1 aromatic carbocycles. The molecule has 0 saturated heterocycles. The fraction of sp³-hybridized carbons (Fsp3) is 0.312. The molecule has 2 aromatic rings. The summed E-state index contributed by atoms with van der Waals surface area (Å²) in [6.07, 6.45) is 1.78. The van der Waals surface area contributed by atoms with Crippen molar-refractivity contribution in [2.24, 2.45) is 0 Å². The minimum absolute atomic E-state index is 0.176. The minimum Gasteiger partial charge on any atom is -0.323 e. The monoisotopic (exact) mass is 384 g/mol. The van der Waals surface area contributed by atoms with Gasteiger partial charge in [0.1, 0.15) is 5.82 Å². The molecule has 0 aliphatic heterocycles. The van der Waals surface area contributed by atoms with Gasteiger partial charge in [-0.1, -0.05) is 61.0 Å². The lowest BCUT2D eigenvalue weighted by Crippen LogP contribution is -2.15. The first-order valence-electron chi connectivity index (χ1n) is 7.34. The van der Waals surface area contributed by atoms with Gasteiger partial charge in [0, 0.05) is 12.5 Å². The Labute approximate surface area is 155 Å². The predicted octanol–water partition coefficient (Wildman–Crippen LogP) is 4.63. The zero-order chi connectivity index (χ0) is 17.7. The molecule has 128 valence electrons. The standard InChI is InChI=1S/C16H18Cl2N4OS/c1-4-8-22-15(10(2)3)20-21-16(22)24-9-13(23)19-14-11(17)6-5-7-12(14)18/h4-7,10H,1,8-9H2,2-3H3,(H,19,23). The SMILES string of the molecule is C=CCn1c(SCC(=O)Nc2c(Cl)cccc2Cl)nnc1C(C)C. The van der Waals surface area contributed by atoms with Crippen molar-refractivity contribution in [3.8, 4) is 0 Å². The van der Waals surface area contributed by atoms with E-state index in [1.807, 2.05) is 18.4 Å². The Morgan fingerprint density at radius 2 is 2.04 bits per heavy atom. The first kappa shape index (κ1) is 18.8. The highest BCUT2D eigenvalue weighted by Crippen LogP contribution is 2.30. The number of thioether (sulfide) groups is 1. The predicted molar refractivity (Wildman–Crippen MR) is 100 cm³/mol. The van der Waals surface area contributed by atoms with Gasteiger partial charge < -0.3 is 9.88 Å². The summed E-state index contributed by atoms with van der Waals surface area (Å²) in [4.78, 5) is 12.2. The molecule has 0 spiro atoms. The molecule has 8 heteroatoms. The molecule has 0 aliphatic carbocycles. The molecule has 0 aliphatic rings. The first-order chi connectivity index (χ1) is 11.4.